The summed E-state index contributed by atoms with van der Waals surface area (Å²) in [5.74, 6) is -1.06. The third kappa shape index (κ3) is 4.15. The number of para-hydroxylation sites is 1. The Hall–Kier alpha value is -2.80. The van der Waals surface area contributed by atoms with E-state index in [1.807, 2.05) is 4.90 Å². The van der Waals surface area contributed by atoms with E-state index in [0.717, 1.165) is 12.1 Å². The first-order valence-corrected chi connectivity index (χ1v) is 10.2. The molecule has 0 aliphatic carbocycles. The van der Waals surface area contributed by atoms with Crippen molar-refractivity contribution in [1.29, 1.82) is 5.26 Å². The van der Waals surface area contributed by atoms with Gasteiger partial charge in [-0.3, -0.25) is 0 Å². The molecule has 0 radical (unpaired) electrons. The van der Waals surface area contributed by atoms with E-state index in [-0.39, 0.29) is 18.8 Å². The van der Waals surface area contributed by atoms with Gasteiger partial charge in [0.15, 0.2) is 0 Å². The quantitative estimate of drug-likeness (QED) is 0.699. The number of sulfone groups is 1. The molecule has 0 spiro atoms. The summed E-state index contributed by atoms with van der Waals surface area (Å²) >= 11 is 0. The molecule has 5 nitrogen and oxygen atoms in total. The monoisotopic (exact) mass is 427 g/mol. The van der Waals surface area contributed by atoms with Crippen LogP contribution in [-0.4, -0.2) is 40.1 Å². The molecule has 154 valence electrons. The fourth-order valence-electron chi connectivity index (χ4n) is 3.33. The van der Waals surface area contributed by atoms with E-state index < -0.39 is 26.1 Å². The van der Waals surface area contributed by atoms with Crippen LogP contribution in [0.15, 0.2) is 47.4 Å². The number of halogens is 4. The van der Waals surface area contributed by atoms with Gasteiger partial charge in [0.05, 0.1) is 16.9 Å². The number of benzene rings is 2. The van der Waals surface area contributed by atoms with Crippen LogP contribution < -0.4 is 9.80 Å². The van der Waals surface area contributed by atoms with Crippen molar-refractivity contribution >= 4 is 21.2 Å². The lowest BCUT2D eigenvalue weighted by Gasteiger charge is -2.27. The van der Waals surface area contributed by atoms with E-state index in [4.69, 9.17) is 0 Å². The molecule has 0 N–H and O–H groups in total. The lowest BCUT2D eigenvalue weighted by atomic mass is 10.1. The number of hydrogen-bond donors (Lipinski definition) is 0. The van der Waals surface area contributed by atoms with Crippen molar-refractivity contribution < 1.29 is 26.0 Å². The molecule has 10 heteroatoms. The zero-order valence-corrected chi connectivity index (χ0v) is 16.0. The third-order valence-electron chi connectivity index (χ3n) is 4.72. The van der Waals surface area contributed by atoms with Crippen molar-refractivity contribution in [3.8, 4) is 6.07 Å². The highest BCUT2D eigenvalue weighted by molar-refractivity contribution is 7.92. The highest BCUT2D eigenvalue weighted by Gasteiger charge is 2.48. The second-order valence-corrected chi connectivity index (χ2v) is 8.43. The van der Waals surface area contributed by atoms with Crippen molar-refractivity contribution in [2.24, 2.45) is 0 Å². The molecule has 0 aromatic heterocycles. The summed E-state index contributed by atoms with van der Waals surface area (Å²) in [6, 6.07) is 11.5. The van der Waals surface area contributed by atoms with Gasteiger partial charge in [0.25, 0.3) is 9.84 Å². The maximum atomic E-state index is 13.6. The number of rotatable bonds is 3. The average molecular weight is 427 g/mol. The molecule has 1 heterocycles. The van der Waals surface area contributed by atoms with Gasteiger partial charge < -0.3 is 9.80 Å². The number of anilines is 2. The van der Waals surface area contributed by atoms with Crippen LogP contribution in [0.5, 0.6) is 0 Å². The minimum Gasteiger partial charge on any atom is -0.369 e. The number of hydrogen-bond acceptors (Lipinski definition) is 5. The highest BCUT2D eigenvalue weighted by Crippen LogP contribution is 2.37. The van der Waals surface area contributed by atoms with Gasteiger partial charge in [-0.2, -0.15) is 18.4 Å². The molecule has 1 aliphatic heterocycles. The number of alkyl halides is 3. The standard InChI is InChI=1S/C19H17F4N3O2S/c20-15-6-7-17(18(12-15)29(27,28)19(21,22)23)26-9-3-8-25(10-11-26)16-5-2-1-4-14(16)13-24/h1-2,4-7,12H,3,8-11H2. The van der Waals surface area contributed by atoms with Crippen molar-refractivity contribution in [2.75, 3.05) is 36.0 Å². The molecule has 3 rings (SSSR count). The van der Waals surface area contributed by atoms with E-state index >= 15 is 0 Å². The first kappa shape index (κ1) is 20.9. The summed E-state index contributed by atoms with van der Waals surface area (Å²) in [5, 5.41) is 9.28. The van der Waals surface area contributed by atoms with Gasteiger partial charge in [-0.25, -0.2) is 12.8 Å². The van der Waals surface area contributed by atoms with Gasteiger partial charge >= 0.3 is 5.51 Å². The van der Waals surface area contributed by atoms with Crippen molar-refractivity contribution in [2.45, 2.75) is 16.8 Å². The molecule has 0 bridgehead atoms. The van der Waals surface area contributed by atoms with Crippen molar-refractivity contribution in [3.05, 3.63) is 53.8 Å². The summed E-state index contributed by atoms with van der Waals surface area (Å²) in [4.78, 5) is 2.35. The van der Waals surface area contributed by atoms with Crippen LogP contribution in [0.3, 0.4) is 0 Å². The molecule has 2 aromatic carbocycles. The van der Waals surface area contributed by atoms with Crippen molar-refractivity contribution in [1.82, 2.24) is 0 Å². The number of nitrogens with zero attached hydrogens (tertiary/aromatic N) is 3. The van der Waals surface area contributed by atoms with Crippen LogP contribution in [0, 0.1) is 17.1 Å². The van der Waals surface area contributed by atoms with E-state index in [9.17, 15) is 31.2 Å². The Balaban J connectivity index is 1.93. The third-order valence-corrected chi connectivity index (χ3v) is 6.23. The van der Waals surface area contributed by atoms with Crippen LogP contribution in [0.25, 0.3) is 0 Å². The minimum atomic E-state index is -5.71. The van der Waals surface area contributed by atoms with E-state index in [1.165, 1.54) is 4.90 Å². The molecule has 0 amide bonds. The maximum absolute atomic E-state index is 13.6. The van der Waals surface area contributed by atoms with Crippen LogP contribution in [0.1, 0.15) is 12.0 Å². The highest BCUT2D eigenvalue weighted by atomic mass is 32.2. The van der Waals surface area contributed by atoms with Gasteiger partial charge in [-0.1, -0.05) is 12.1 Å². The molecule has 1 fully saturated rings. The Morgan fingerprint density at radius 2 is 1.55 bits per heavy atom. The Kier molecular flexibility index (Phi) is 5.71. The topological polar surface area (TPSA) is 64.4 Å². The smallest absolute Gasteiger partial charge is 0.369 e. The van der Waals surface area contributed by atoms with E-state index in [0.29, 0.717) is 36.8 Å². The normalized spacial score (nSPS) is 15.7. The van der Waals surface area contributed by atoms with Gasteiger partial charge in [-0.15, -0.1) is 0 Å². The predicted octanol–water partition coefficient (Wildman–Crippen LogP) is 3.71. The zero-order chi connectivity index (χ0) is 21.2. The molecule has 29 heavy (non-hydrogen) atoms. The Morgan fingerprint density at radius 3 is 2.17 bits per heavy atom. The van der Waals surface area contributed by atoms with E-state index in [2.05, 4.69) is 6.07 Å². The second-order valence-electron chi connectivity index (χ2n) is 6.52. The SMILES string of the molecule is N#Cc1ccccc1N1CCCN(c2ccc(F)cc2S(=O)(=O)C(F)(F)F)CC1. The molecule has 0 atom stereocenters. The second kappa shape index (κ2) is 7.91. The van der Waals surface area contributed by atoms with Crippen LogP contribution in [0.2, 0.25) is 0 Å². The Labute approximate surface area is 165 Å². The van der Waals surface area contributed by atoms with E-state index in [1.54, 1.807) is 24.3 Å². The van der Waals surface area contributed by atoms with Crippen LogP contribution in [0.4, 0.5) is 28.9 Å². The Morgan fingerprint density at radius 1 is 0.931 bits per heavy atom. The lowest BCUT2D eigenvalue weighted by molar-refractivity contribution is -0.0435. The largest absolute Gasteiger partial charge is 0.501 e. The summed E-state index contributed by atoms with van der Waals surface area (Å²) in [5.41, 5.74) is -4.53. The molecular formula is C19H17F4N3O2S. The average Bonchev–Trinajstić information content (AvgIpc) is 2.93. The fourth-order valence-corrected chi connectivity index (χ4v) is 4.32. The molecule has 0 saturated carbocycles. The summed E-state index contributed by atoms with van der Waals surface area (Å²) in [6.07, 6.45) is 0.517. The molecule has 1 aliphatic rings. The fraction of sp³-hybridized carbons (Fsp3) is 0.316. The molecule has 2 aromatic rings. The summed E-state index contributed by atoms with van der Waals surface area (Å²) in [7, 11) is -5.71. The molecule has 0 unspecified atom stereocenters. The molecule has 1 saturated heterocycles. The van der Waals surface area contributed by atoms with Gasteiger partial charge in [0.1, 0.15) is 16.8 Å². The van der Waals surface area contributed by atoms with Crippen LogP contribution in [-0.2, 0) is 9.84 Å². The molecular weight excluding hydrogens is 410 g/mol. The lowest BCUT2D eigenvalue weighted by Crippen LogP contribution is -2.33. The van der Waals surface area contributed by atoms with Gasteiger partial charge in [0, 0.05) is 26.2 Å². The van der Waals surface area contributed by atoms with Gasteiger partial charge in [0.2, 0.25) is 0 Å². The predicted molar refractivity (Wildman–Crippen MR) is 99.8 cm³/mol. The van der Waals surface area contributed by atoms with Crippen molar-refractivity contribution in [3.63, 3.8) is 0 Å². The summed E-state index contributed by atoms with van der Waals surface area (Å²) < 4.78 is 76.7. The maximum Gasteiger partial charge on any atom is 0.501 e. The first-order chi connectivity index (χ1) is 13.6. The van der Waals surface area contributed by atoms with Gasteiger partial charge in [-0.05, 0) is 36.8 Å². The Bertz CT molecular complexity index is 1050. The minimum absolute atomic E-state index is 0.181. The summed E-state index contributed by atoms with van der Waals surface area (Å²) in [6.45, 7) is 1.41. The first-order valence-electron chi connectivity index (χ1n) is 8.75. The van der Waals surface area contributed by atoms with Crippen LogP contribution >= 0.6 is 0 Å². The zero-order valence-electron chi connectivity index (χ0n) is 15.2. The number of nitriles is 1.